The van der Waals surface area contributed by atoms with Crippen LogP contribution in [0.15, 0.2) is 53.1 Å². The molecular weight excluding hydrogens is 306 g/mol. The zero-order valence-corrected chi connectivity index (χ0v) is 13.0. The number of hydrogen-bond acceptors (Lipinski definition) is 5. The molecule has 0 saturated carbocycles. The number of furan rings is 1. The summed E-state index contributed by atoms with van der Waals surface area (Å²) in [6.45, 7) is 0. The van der Waals surface area contributed by atoms with Crippen LogP contribution in [0.1, 0.15) is 22.8 Å². The minimum absolute atomic E-state index is 0.167. The highest BCUT2D eigenvalue weighted by Crippen LogP contribution is 2.32. The Bertz CT molecular complexity index is 919. The lowest BCUT2D eigenvalue weighted by molar-refractivity contribution is -0.142. The van der Waals surface area contributed by atoms with Crippen molar-refractivity contribution < 1.29 is 19.1 Å². The van der Waals surface area contributed by atoms with Crippen molar-refractivity contribution in [2.45, 2.75) is 12.3 Å². The maximum absolute atomic E-state index is 12.3. The van der Waals surface area contributed by atoms with Gasteiger partial charge in [-0.15, -0.1) is 0 Å². The van der Waals surface area contributed by atoms with Crippen molar-refractivity contribution in [1.29, 1.82) is 5.26 Å². The van der Waals surface area contributed by atoms with Crippen molar-refractivity contribution in [2.75, 3.05) is 7.11 Å². The molecule has 3 aromatic rings. The van der Waals surface area contributed by atoms with Crippen LogP contribution in [0.4, 0.5) is 0 Å². The van der Waals surface area contributed by atoms with Gasteiger partial charge in [0.25, 0.3) is 0 Å². The highest BCUT2D eigenvalue weighted by molar-refractivity contribution is 5.90. The van der Waals surface area contributed by atoms with Crippen LogP contribution >= 0.6 is 0 Å². The Labute approximate surface area is 138 Å². The van der Waals surface area contributed by atoms with Crippen molar-refractivity contribution in [1.82, 2.24) is 0 Å². The van der Waals surface area contributed by atoms with Crippen LogP contribution in [-0.4, -0.2) is 18.2 Å². The highest BCUT2D eigenvalue weighted by atomic mass is 16.5. The summed E-state index contributed by atoms with van der Waals surface area (Å²) >= 11 is 0. The minimum Gasteiger partial charge on any atom is -0.508 e. The number of fused-ring (bicyclic) bond motifs is 1. The van der Waals surface area contributed by atoms with Crippen molar-refractivity contribution >= 4 is 16.7 Å². The van der Waals surface area contributed by atoms with Crippen LogP contribution in [0.25, 0.3) is 10.8 Å². The molecule has 24 heavy (non-hydrogen) atoms. The van der Waals surface area contributed by atoms with Crippen LogP contribution in [0, 0.1) is 11.3 Å². The summed E-state index contributed by atoms with van der Waals surface area (Å²) in [5.41, 5.74) is 1.41. The lowest BCUT2D eigenvalue weighted by Crippen LogP contribution is -2.16. The number of aromatic hydroxyl groups is 1. The topological polar surface area (TPSA) is 83.5 Å². The maximum Gasteiger partial charge on any atom is 0.316 e. The molecule has 0 saturated heterocycles. The van der Waals surface area contributed by atoms with E-state index in [9.17, 15) is 9.90 Å². The number of phenolic OH excluding ortho intramolecular Hbond substituents is 1. The maximum atomic E-state index is 12.3. The lowest BCUT2D eigenvalue weighted by atomic mass is 9.94. The summed E-state index contributed by atoms with van der Waals surface area (Å²) in [6, 6.07) is 13.9. The first-order chi connectivity index (χ1) is 11.6. The Morgan fingerprint density at radius 1 is 1.29 bits per heavy atom. The fourth-order valence-corrected chi connectivity index (χ4v) is 2.71. The van der Waals surface area contributed by atoms with E-state index in [-0.39, 0.29) is 5.75 Å². The Morgan fingerprint density at radius 3 is 2.71 bits per heavy atom. The lowest BCUT2D eigenvalue weighted by Gasteiger charge is -2.13. The third-order valence-electron chi connectivity index (χ3n) is 3.94. The van der Waals surface area contributed by atoms with Gasteiger partial charge in [0.05, 0.1) is 25.0 Å². The highest BCUT2D eigenvalue weighted by Gasteiger charge is 2.27. The molecule has 2 aromatic carbocycles. The minimum atomic E-state index is -0.607. The smallest absolute Gasteiger partial charge is 0.316 e. The summed E-state index contributed by atoms with van der Waals surface area (Å²) in [7, 11) is 1.34. The average Bonchev–Trinajstić information content (AvgIpc) is 3.03. The van der Waals surface area contributed by atoms with Crippen LogP contribution < -0.4 is 0 Å². The van der Waals surface area contributed by atoms with Crippen molar-refractivity contribution in [3.8, 4) is 11.8 Å². The van der Waals surface area contributed by atoms with Crippen molar-refractivity contribution in [2.24, 2.45) is 0 Å². The Morgan fingerprint density at radius 2 is 2.04 bits per heavy atom. The van der Waals surface area contributed by atoms with Gasteiger partial charge in [-0.25, -0.2) is 0 Å². The van der Waals surface area contributed by atoms with Gasteiger partial charge in [0.1, 0.15) is 17.4 Å². The Balaban J connectivity index is 2.01. The zero-order valence-electron chi connectivity index (χ0n) is 13.0. The van der Waals surface area contributed by atoms with E-state index >= 15 is 0 Å². The van der Waals surface area contributed by atoms with Gasteiger partial charge < -0.3 is 14.3 Å². The molecule has 0 aliphatic heterocycles. The summed E-state index contributed by atoms with van der Waals surface area (Å²) in [6.07, 6.45) is 1.92. The second-order valence-corrected chi connectivity index (χ2v) is 5.46. The number of rotatable bonds is 4. The number of nitrogens with zero attached hydrogens (tertiary/aromatic N) is 1. The Kier molecular flexibility index (Phi) is 4.21. The summed E-state index contributed by atoms with van der Waals surface area (Å²) < 4.78 is 10.6. The predicted molar refractivity (Wildman–Crippen MR) is 87.5 cm³/mol. The number of hydrogen-bond donors (Lipinski definition) is 1. The zero-order chi connectivity index (χ0) is 17.1. The van der Waals surface area contributed by atoms with Gasteiger partial charge in [0, 0.05) is 10.8 Å². The fourth-order valence-electron chi connectivity index (χ4n) is 2.71. The molecule has 0 amide bonds. The van der Waals surface area contributed by atoms with Gasteiger partial charge >= 0.3 is 5.97 Å². The number of benzene rings is 2. The molecule has 0 radical (unpaired) electrons. The molecule has 1 aromatic heterocycles. The van der Waals surface area contributed by atoms with E-state index < -0.39 is 11.9 Å². The van der Waals surface area contributed by atoms with Crippen LogP contribution in [0.3, 0.4) is 0 Å². The van der Waals surface area contributed by atoms with Crippen LogP contribution in [0.2, 0.25) is 0 Å². The van der Waals surface area contributed by atoms with Gasteiger partial charge in [0.2, 0.25) is 0 Å². The normalized spacial score (nSPS) is 11.8. The van der Waals surface area contributed by atoms with E-state index in [0.29, 0.717) is 17.7 Å². The number of esters is 1. The first kappa shape index (κ1) is 15.6. The van der Waals surface area contributed by atoms with Gasteiger partial charge in [0.15, 0.2) is 0 Å². The number of methoxy groups -OCH3 is 1. The van der Waals surface area contributed by atoms with Gasteiger partial charge in [-0.1, -0.05) is 12.1 Å². The fraction of sp³-hybridized carbons (Fsp3) is 0.158. The molecular formula is C19H15NO4. The number of ether oxygens (including phenoxy) is 1. The van der Waals surface area contributed by atoms with Gasteiger partial charge in [-0.05, 0) is 42.3 Å². The summed E-state index contributed by atoms with van der Waals surface area (Å²) in [5, 5.41) is 19.9. The van der Waals surface area contributed by atoms with Gasteiger partial charge in [-0.2, -0.15) is 5.26 Å². The first-order valence-corrected chi connectivity index (χ1v) is 7.39. The predicted octanol–water partition coefficient (Wildman–Crippen LogP) is 3.51. The number of carbonyl (C=O) groups excluding carboxylic acids is 1. The molecule has 1 N–H and O–H groups in total. The summed E-state index contributed by atoms with van der Waals surface area (Å²) in [5.74, 6) is -0.330. The van der Waals surface area contributed by atoms with Crippen LogP contribution in [0.5, 0.6) is 5.75 Å². The molecule has 1 heterocycles. The molecule has 120 valence electrons. The molecule has 1 atom stereocenters. The number of carbonyl (C=O) groups is 1. The molecule has 0 aliphatic rings. The Hall–Kier alpha value is -3.26. The molecule has 5 nitrogen and oxygen atoms in total. The van der Waals surface area contributed by atoms with E-state index in [1.54, 1.807) is 42.5 Å². The van der Waals surface area contributed by atoms with Crippen LogP contribution in [-0.2, 0) is 16.0 Å². The van der Waals surface area contributed by atoms with E-state index in [2.05, 4.69) is 6.07 Å². The SMILES string of the molecule is COC(=O)C(Cc1ccc(O)cc1)c1occ2cc(C#N)ccc12. The third kappa shape index (κ3) is 2.95. The molecule has 0 aliphatic carbocycles. The monoisotopic (exact) mass is 321 g/mol. The summed E-state index contributed by atoms with van der Waals surface area (Å²) in [4.78, 5) is 12.3. The molecule has 0 fully saturated rings. The van der Waals surface area contributed by atoms with E-state index in [0.717, 1.165) is 16.3 Å². The van der Waals surface area contributed by atoms with Gasteiger partial charge in [-0.3, -0.25) is 4.79 Å². The largest absolute Gasteiger partial charge is 0.508 e. The molecule has 0 spiro atoms. The second-order valence-electron chi connectivity index (χ2n) is 5.46. The van der Waals surface area contributed by atoms with E-state index in [1.807, 2.05) is 0 Å². The average molecular weight is 321 g/mol. The quantitative estimate of drug-likeness (QED) is 0.743. The van der Waals surface area contributed by atoms with Crippen molar-refractivity contribution in [3.63, 3.8) is 0 Å². The first-order valence-electron chi connectivity index (χ1n) is 7.39. The third-order valence-corrected chi connectivity index (χ3v) is 3.94. The number of phenols is 1. The number of nitriles is 1. The molecule has 5 heteroatoms. The molecule has 1 unspecified atom stereocenters. The molecule has 0 bridgehead atoms. The molecule has 3 rings (SSSR count). The van der Waals surface area contributed by atoms with Crippen molar-refractivity contribution in [3.05, 3.63) is 65.6 Å². The van der Waals surface area contributed by atoms with E-state index in [1.165, 1.54) is 13.4 Å². The standard InChI is InChI=1S/C19H15NO4/c1-23-19(22)17(9-12-2-5-15(21)6-3-12)18-16-7-4-13(10-20)8-14(16)11-24-18/h2-8,11,17,21H,9H2,1H3. The van der Waals surface area contributed by atoms with E-state index in [4.69, 9.17) is 14.4 Å². The second kappa shape index (κ2) is 6.47.